The summed E-state index contributed by atoms with van der Waals surface area (Å²) in [4.78, 5) is 17.5. The number of nitrogens with zero attached hydrogens (tertiary/aromatic N) is 3. The Labute approximate surface area is 191 Å². The molecule has 0 atom stereocenters. The Bertz CT molecular complexity index is 1410. The first-order valence-corrected chi connectivity index (χ1v) is 11.0. The number of pyridine rings is 1. The summed E-state index contributed by atoms with van der Waals surface area (Å²) >= 11 is 0. The van der Waals surface area contributed by atoms with E-state index in [-0.39, 0.29) is 12.5 Å². The van der Waals surface area contributed by atoms with Crippen molar-refractivity contribution >= 4 is 27.7 Å². The van der Waals surface area contributed by atoms with Crippen molar-refractivity contribution in [1.29, 1.82) is 0 Å². The van der Waals surface area contributed by atoms with Crippen molar-refractivity contribution in [2.24, 2.45) is 0 Å². The minimum absolute atomic E-state index is 0.0950. The van der Waals surface area contributed by atoms with Crippen LogP contribution in [0.4, 0.5) is 0 Å². The van der Waals surface area contributed by atoms with E-state index in [9.17, 15) is 4.79 Å². The molecular formula is C27H24N4O2. The van der Waals surface area contributed by atoms with Gasteiger partial charge < -0.3 is 10.1 Å². The Morgan fingerprint density at radius 1 is 0.939 bits per heavy atom. The number of aromatic nitrogens is 3. The molecule has 0 aliphatic carbocycles. The topological polar surface area (TPSA) is 69.0 Å². The monoisotopic (exact) mass is 436 g/mol. The Balaban J connectivity index is 1.52. The number of nitrogens with one attached hydrogen (secondary N) is 1. The second-order valence-corrected chi connectivity index (χ2v) is 7.76. The highest BCUT2D eigenvalue weighted by Crippen LogP contribution is 2.32. The van der Waals surface area contributed by atoms with Gasteiger partial charge in [0.1, 0.15) is 18.0 Å². The quantitative estimate of drug-likeness (QED) is 0.391. The van der Waals surface area contributed by atoms with Gasteiger partial charge in [0.2, 0.25) is 5.91 Å². The number of hydrogen-bond acceptors (Lipinski definition) is 4. The van der Waals surface area contributed by atoms with E-state index >= 15 is 0 Å². The van der Waals surface area contributed by atoms with E-state index in [1.54, 1.807) is 4.68 Å². The van der Waals surface area contributed by atoms with Crippen LogP contribution in [0.1, 0.15) is 12.5 Å². The fourth-order valence-electron chi connectivity index (χ4n) is 3.99. The molecule has 33 heavy (non-hydrogen) atoms. The van der Waals surface area contributed by atoms with Gasteiger partial charge in [-0.25, -0.2) is 0 Å². The summed E-state index contributed by atoms with van der Waals surface area (Å²) in [6.45, 7) is 3.18. The van der Waals surface area contributed by atoms with Crippen LogP contribution < -0.4 is 10.1 Å². The van der Waals surface area contributed by atoms with Crippen LogP contribution in [0.15, 0.2) is 85.1 Å². The average Bonchev–Trinajstić information content (AvgIpc) is 3.23. The van der Waals surface area contributed by atoms with E-state index in [1.165, 1.54) is 0 Å². The van der Waals surface area contributed by atoms with Crippen LogP contribution in [-0.2, 0) is 17.9 Å². The van der Waals surface area contributed by atoms with E-state index < -0.39 is 0 Å². The molecule has 6 nitrogen and oxygen atoms in total. The van der Waals surface area contributed by atoms with Gasteiger partial charge in [0, 0.05) is 29.1 Å². The van der Waals surface area contributed by atoms with Gasteiger partial charge in [-0.05, 0) is 42.8 Å². The number of carbonyl (C=O) groups excluding carboxylic acids is 1. The van der Waals surface area contributed by atoms with E-state index in [0.29, 0.717) is 13.2 Å². The standard InChI is InChI=1S/C27H24N4O2/c1-2-33-21-14-12-20(13-15-21)26-23-17-28-24-11-7-6-10-22(24)27(23)31(30-26)18-25(32)29-16-19-8-4-3-5-9-19/h3-15,17H,2,16,18H2,1H3,(H,29,32). The zero-order valence-electron chi connectivity index (χ0n) is 18.4. The maximum Gasteiger partial charge on any atom is 0.242 e. The Morgan fingerprint density at radius 3 is 2.48 bits per heavy atom. The van der Waals surface area contributed by atoms with Crippen molar-refractivity contribution in [3.63, 3.8) is 0 Å². The molecule has 3 aromatic carbocycles. The molecule has 0 aliphatic heterocycles. The van der Waals surface area contributed by atoms with Crippen molar-refractivity contribution in [2.75, 3.05) is 6.61 Å². The van der Waals surface area contributed by atoms with Gasteiger partial charge in [-0.1, -0.05) is 48.5 Å². The molecule has 2 aromatic heterocycles. The van der Waals surface area contributed by atoms with Crippen LogP contribution in [0.2, 0.25) is 0 Å². The van der Waals surface area contributed by atoms with Gasteiger partial charge in [0.25, 0.3) is 0 Å². The number of hydrogen-bond donors (Lipinski definition) is 1. The average molecular weight is 437 g/mol. The predicted molar refractivity (Wildman–Crippen MR) is 130 cm³/mol. The number of fused-ring (bicyclic) bond motifs is 3. The summed E-state index contributed by atoms with van der Waals surface area (Å²) in [5.74, 6) is 0.719. The van der Waals surface area contributed by atoms with Gasteiger partial charge in [0.05, 0.1) is 17.6 Å². The highest BCUT2D eigenvalue weighted by atomic mass is 16.5. The molecule has 1 N–H and O–H groups in total. The maximum absolute atomic E-state index is 12.8. The third-order valence-electron chi connectivity index (χ3n) is 5.55. The number of rotatable bonds is 7. The van der Waals surface area contributed by atoms with Crippen LogP contribution >= 0.6 is 0 Å². The van der Waals surface area contributed by atoms with Gasteiger partial charge in [-0.3, -0.25) is 14.5 Å². The number of ether oxygens (including phenoxy) is 1. The molecule has 0 unspecified atom stereocenters. The smallest absolute Gasteiger partial charge is 0.242 e. The third-order valence-corrected chi connectivity index (χ3v) is 5.55. The first kappa shape index (κ1) is 20.7. The molecule has 0 aliphatic rings. The van der Waals surface area contributed by atoms with E-state index in [4.69, 9.17) is 9.84 Å². The van der Waals surface area contributed by atoms with E-state index in [2.05, 4.69) is 10.3 Å². The second kappa shape index (κ2) is 9.12. The number of para-hydroxylation sites is 1. The fraction of sp³-hybridized carbons (Fsp3) is 0.148. The molecule has 0 radical (unpaired) electrons. The fourth-order valence-corrected chi connectivity index (χ4v) is 3.99. The molecule has 0 bridgehead atoms. The lowest BCUT2D eigenvalue weighted by atomic mass is 10.1. The Hall–Kier alpha value is -4.19. The number of amides is 1. The lowest BCUT2D eigenvalue weighted by Gasteiger charge is -2.07. The largest absolute Gasteiger partial charge is 0.494 e. The molecule has 0 saturated heterocycles. The van der Waals surface area contributed by atoms with Crippen LogP contribution in [0.25, 0.3) is 33.1 Å². The lowest BCUT2D eigenvalue weighted by Crippen LogP contribution is -2.27. The Morgan fingerprint density at radius 2 is 1.70 bits per heavy atom. The van der Waals surface area contributed by atoms with Crippen molar-refractivity contribution in [1.82, 2.24) is 20.1 Å². The molecule has 0 fully saturated rings. The van der Waals surface area contributed by atoms with E-state index in [0.717, 1.165) is 44.4 Å². The number of carbonyl (C=O) groups is 1. The van der Waals surface area contributed by atoms with Crippen LogP contribution in [0, 0.1) is 0 Å². The molecule has 5 rings (SSSR count). The van der Waals surface area contributed by atoms with E-state index in [1.807, 2.05) is 92.0 Å². The number of benzene rings is 3. The maximum atomic E-state index is 12.8. The molecule has 0 saturated carbocycles. The first-order chi connectivity index (χ1) is 16.2. The van der Waals surface area contributed by atoms with Crippen molar-refractivity contribution in [2.45, 2.75) is 20.0 Å². The Kier molecular flexibility index (Phi) is 5.72. The van der Waals surface area contributed by atoms with Crippen molar-refractivity contribution < 1.29 is 9.53 Å². The molecule has 6 heteroatoms. The minimum atomic E-state index is -0.0950. The molecule has 1 amide bonds. The van der Waals surface area contributed by atoms with Crippen LogP contribution in [0.5, 0.6) is 5.75 Å². The van der Waals surface area contributed by atoms with Gasteiger partial charge in [0.15, 0.2) is 0 Å². The molecule has 0 spiro atoms. The second-order valence-electron chi connectivity index (χ2n) is 7.76. The zero-order valence-corrected chi connectivity index (χ0v) is 18.4. The van der Waals surface area contributed by atoms with Crippen molar-refractivity contribution in [3.8, 4) is 17.0 Å². The molecule has 164 valence electrons. The minimum Gasteiger partial charge on any atom is -0.494 e. The highest BCUT2D eigenvalue weighted by Gasteiger charge is 2.17. The van der Waals surface area contributed by atoms with Crippen LogP contribution in [-0.4, -0.2) is 27.3 Å². The zero-order chi connectivity index (χ0) is 22.6. The highest BCUT2D eigenvalue weighted by molar-refractivity contribution is 6.08. The third kappa shape index (κ3) is 4.28. The summed E-state index contributed by atoms with van der Waals surface area (Å²) < 4.78 is 7.36. The van der Waals surface area contributed by atoms with Gasteiger partial charge in [-0.2, -0.15) is 5.10 Å². The summed E-state index contributed by atoms with van der Waals surface area (Å²) in [5.41, 5.74) is 4.57. The molecular weight excluding hydrogens is 412 g/mol. The molecule has 2 heterocycles. The lowest BCUT2D eigenvalue weighted by molar-refractivity contribution is -0.121. The molecule has 5 aromatic rings. The normalized spacial score (nSPS) is 11.1. The van der Waals surface area contributed by atoms with Gasteiger partial charge in [-0.15, -0.1) is 0 Å². The summed E-state index contributed by atoms with van der Waals surface area (Å²) in [5, 5.41) is 9.73. The van der Waals surface area contributed by atoms with Crippen molar-refractivity contribution in [3.05, 3.63) is 90.6 Å². The van der Waals surface area contributed by atoms with Crippen LogP contribution in [0.3, 0.4) is 0 Å². The summed E-state index contributed by atoms with van der Waals surface area (Å²) in [6.07, 6.45) is 1.84. The van der Waals surface area contributed by atoms with Gasteiger partial charge >= 0.3 is 0 Å². The SMILES string of the molecule is CCOc1ccc(-c2nn(CC(=O)NCc3ccccc3)c3c2cnc2ccccc23)cc1. The first-order valence-electron chi connectivity index (χ1n) is 11.0. The predicted octanol–water partition coefficient (Wildman–Crippen LogP) is 4.97. The summed E-state index contributed by atoms with van der Waals surface area (Å²) in [6, 6.07) is 25.6. The summed E-state index contributed by atoms with van der Waals surface area (Å²) in [7, 11) is 0.